The van der Waals surface area contributed by atoms with Crippen LogP contribution in [0.4, 0.5) is 0 Å². The van der Waals surface area contributed by atoms with E-state index in [-0.39, 0.29) is 17.7 Å². The molecule has 2 N–H and O–H groups in total. The molecule has 0 aliphatic carbocycles. The first kappa shape index (κ1) is 19.7. The minimum Gasteiger partial charge on any atom is -0.356 e. The average molecular weight is 346 g/mol. The monoisotopic (exact) mass is 346 g/mol. The van der Waals surface area contributed by atoms with E-state index in [0.717, 1.165) is 6.42 Å². The highest BCUT2D eigenvalue weighted by molar-refractivity contribution is 7.92. The number of nitrogens with zero attached hydrogens (tertiary/aromatic N) is 2. The summed E-state index contributed by atoms with van der Waals surface area (Å²) < 4.78 is 23.3. The third-order valence-corrected chi connectivity index (χ3v) is 6.74. The molecule has 0 aromatic heterocycles. The Kier molecular flexibility index (Phi) is 6.85. The first-order chi connectivity index (χ1) is 10.6. The first-order valence-electron chi connectivity index (χ1n) is 8.10. The van der Waals surface area contributed by atoms with Gasteiger partial charge in [0.1, 0.15) is 0 Å². The Hall–Kier alpha value is -1.31. The minimum atomic E-state index is -3.07. The van der Waals surface area contributed by atoms with E-state index in [0.29, 0.717) is 32.0 Å². The molecule has 1 atom stereocenters. The van der Waals surface area contributed by atoms with Crippen LogP contribution in [-0.2, 0) is 14.6 Å². The van der Waals surface area contributed by atoms with E-state index < -0.39 is 14.6 Å². The van der Waals surface area contributed by atoms with E-state index in [4.69, 9.17) is 0 Å². The van der Waals surface area contributed by atoms with Crippen molar-refractivity contribution < 1.29 is 13.2 Å². The van der Waals surface area contributed by atoms with Crippen LogP contribution in [-0.4, -0.2) is 68.4 Å². The molecule has 0 radical (unpaired) electrons. The molecule has 1 aliphatic heterocycles. The third-order valence-electron chi connectivity index (χ3n) is 4.21. The lowest BCUT2D eigenvalue weighted by molar-refractivity contribution is -0.121. The Morgan fingerprint density at radius 2 is 2.04 bits per heavy atom. The van der Waals surface area contributed by atoms with Crippen molar-refractivity contribution in [3.8, 4) is 0 Å². The summed E-state index contributed by atoms with van der Waals surface area (Å²) >= 11 is 0. The van der Waals surface area contributed by atoms with Gasteiger partial charge in [0.05, 0.1) is 10.5 Å². The molecule has 1 fully saturated rings. The van der Waals surface area contributed by atoms with Gasteiger partial charge in [-0.1, -0.05) is 6.92 Å². The molecule has 0 aromatic carbocycles. The first-order valence-corrected chi connectivity index (χ1v) is 9.75. The number of carbonyl (C=O) groups is 1. The maximum atomic E-state index is 12.1. The number of aliphatic imine (C=N–C) groups is 1. The van der Waals surface area contributed by atoms with Gasteiger partial charge in [0.15, 0.2) is 15.8 Å². The number of carbonyl (C=O) groups excluding carboxylic acids is 1. The number of amides is 1. The summed E-state index contributed by atoms with van der Waals surface area (Å²) in [4.78, 5) is 17.9. The molecular formula is C15H30N4O3S. The fraction of sp³-hybridized carbons (Fsp3) is 0.867. The van der Waals surface area contributed by atoms with Crippen LogP contribution in [0, 0.1) is 0 Å². The number of rotatable bonds is 5. The summed E-state index contributed by atoms with van der Waals surface area (Å²) in [6.45, 7) is 8.76. The van der Waals surface area contributed by atoms with E-state index in [1.807, 2.05) is 18.7 Å². The highest BCUT2D eigenvalue weighted by Gasteiger charge is 2.40. The maximum absolute atomic E-state index is 12.1. The van der Waals surface area contributed by atoms with Gasteiger partial charge in [-0.25, -0.2) is 8.42 Å². The molecule has 0 saturated carbocycles. The summed E-state index contributed by atoms with van der Waals surface area (Å²) in [5.74, 6) is 0.767. The lowest BCUT2D eigenvalue weighted by Crippen LogP contribution is -2.57. The van der Waals surface area contributed by atoms with Gasteiger partial charge in [-0.15, -0.1) is 0 Å². The molecular weight excluding hydrogens is 316 g/mol. The van der Waals surface area contributed by atoms with Gasteiger partial charge in [0.25, 0.3) is 0 Å². The summed E-state index contributed by atoms with van der Waals surface area (Å²) in [5.41, 5.74) is 0. The van der Waals surface area contributed by atoms with Crippen molar-refractivity contribution in [2.45, 2.75) is 51.3 Å². The Bertz CT molecular complexity index is 543. The largest absolute Gasteiger partial charge is 0.356 e. The Morgan fingerprint density at radius 1 is 1.39 bits per heavy atom. The summed E-state index contributed by atoms with van der Waals surface area (Å²) in [6, 6.07) is 0.176. The molecule has 23 heavy (non-hydrogen) atoms. The van der Waals surface area contributed by atoms with Crippen molar-refractivity contribution in [1.29, 1.82) is 0 Å². The Labute approximate surface area is 139 Å². The van der Waals surface area contributed by atoms with Crippen LogP contribution in [0.25, 0.3) is 0 Å². The smallest absolute Gasteiger partial charge is 0.221 e. The van der Waals surface area contributed by atoms with Crippen molar-refractivity contribution in [3.05, 3.63) is 0 Å². The number of sulfone groups is 1. The van der Waals surface area contributed by atoms with Gasteiger partial charge in [-0.2, -0.15) is 0 Å². The van der Waals surface area contributed by atoms with Crippen LogP contribution in [0.15, 0.2) is 4.99 Å². The number of hydrogen-bond donors (Lipinski definition) is 2. The highest BCUT2D eigenvalue weighted by Crippen LogP contribution is 2.23. The fourth-order valence-corrected chi connectivity index (χ4v) is 3.76. The SMILES string of the molecule is CCC(C)NC(=O)CCNC(=NC)N1CCS(=O)(=O)C(C)(C)C1. The minimum absolute atomic E-state index is 0.00357. The van der Waals surface area contributed by atoms with Gasteiger partial charge in [-0.05, 0) is 27.2 Å². The molecule has 1 amide bonds. The highest BCUT2D eigenvalue weighted by atomic mass is 32.2. The normalized spacial score (nSPS) is 21.6. The summed E-state index contributed by atoms with van der Waals surface area (Å²) in [5, 5.41) is 6.06. The van der Waals surface area contributed by atoms with Crippen LogP contribution in [0.1, 0.15) is 40.5 Å². The second-order valence-electron chi connectivity index (χ2n) is 6.60. The zero-order chi connectivity index (χ0) is 17.7. The van der Waals surface area contributed by atoms with Gasteiger partial charge in [0.2, 0.25) is 5.91 Å². The van der Waals surface area contributed by atoms with Crippen molar-refractivity contribution in [2.75, 3.05) is 32.4 Å². The van der Waals surface area contributed by atoms with Crippen LogP contribution in [0.2, 0.25) is 0 Å². The second-order valence-corrected chi connectivity index (χ2v) is 9.34. The molecule has 1 unspecified atom stereocenters. The third kappa shape index (κ3) is 5.37. The lowest BCUT2D eigenvalue weighted by atomic mass is 10.2. The van der Waals surface area contributed by atoms with Crippen molar-refractivity contribution in [1.82, 2.24) is 15.5 Å². The predicted octanol–water partition coefficient (Wildman–Crippen LogP) is 0.376. The molecule has 1 heterocycles. The molecule has 0 aromatic rings. The average Bonchev–Trinajstić information content (AvgIpc) is 2.46. The quantitative estimate of drug-likeness (QED) is 0.555. The van der Waals surface area contributed by atoms with Gasteiger partial charge < -0.3 is 15.5 Å². The molecule has 8 heteroatoms. The number of nitrogens with one attached hydrogen (secondary N) is 2. The van der Waals surface area contributed by atoms with E-state index in [2.05, 4.69) is 15.6 Å². The van der Waals surface area contributed by atoms with E-state index >= 15 is 0 Å². The molecule has 0 bridgehead atoms. The molecule has 1 aliphatic rings. The fourth-order valence-electron chi connectivity index (χ4n) is 2.39. The summed E-state index contributed by atoms with van der Waals surface area (Å²) in [6.07, 6.45) is 1.26. The van der Waals surface area contributed by atoms with Crippen LogP contribution in [0.5, 0.6) is 0 Å². The molecule has 0 spiro atoms. The topological polar surface area (TPSA) is 90.9 Å². The number of guanidine groups is 1. The molecule has 1 saturated heterocycles. The van der Waals surface area contributed by atoms with Gasteiger partial charge >= 0.3 is 0 Å². The standard InChI is InChI=1S/C15H30N4O3S/c1-6-12(2)18-13(20)7-8-17-14(16-5)19-9-10-23(21,22)15(3,4)11-19/h12H,6-11H2,1-5H3,(H,16,17)(H,18,20). The lowest BCUT2D eigenvalue weighted by Gasteiger charge is -2.39. The number of hydrogen-bond acceptors (Lipinski definition) is 4. The summed E-state index contributed by atoms with van der Waals surface area (Å²) in [7, 11) is -1.41. The van der Waals surface area contributed by atoms with E-state index in [1.54, 1.807) is 20.9 Å². The van der Waals surface area contributed by atoms with Crippen LogP contribution < -0.4 is 10.6 Å². The predicted molar refractivity (Wildman–Crippen MR) is 93.3 cm³/mol. The maximum Gasteiger partial charge on any atom is 0.221 e. The van der Waals surface area contributed by atoms with Crippen LogP contribution in [0.3, 0.4) is 0 Å². The van der Waals surface area contributed by atoms with Crippen molar-refractivity contribution >= 4 is 21.7 Å². The Morgan fingerprint density at radius 3 is 2.57 bits per heavy atom. The zero-order valence-electron chi connectivity index (χ0n) is 14.8. The molecule has 1 rings (SSSR count). The van der Waals surface area contributed by atoms with E-state index in [1.165, 1.54) is 0 Å². The van der Waals surface area contributed by atoms with E-state index in [9.17, 15) is 13.2 Å². The zero-order valence-corrected chi connectivity index (χ0v) is 15.7. The van der Waals surface area contributed by atoms with Crippen molar-refractivity contribution in [2.24, 2.45) is 4.99 Å². The van der Waals surface area contributed by atoms with Gasteiger partial charge in [0, 0.05) is 39.1 Å². The molecule has 7 nitrogen and oxygen atoms in total. The van der Waals surface area contributed by atoms with Gasteiger partial charge in [-0.3, -0.25) is 9.79 Å². The Balaban J connectivity index is 2.52. The van der Waals surface area contributed by atoms with Crippen molar-refractivity contribution in [3.63, 3.8) is 0 Å². The second kappa shape index (κ2) is 7.99. The van der Waals surface area contributed by atoms with Crippen LogP contribution >= 0.6 is 0 Å². The molecule has 134 valence electrons.